The van der Waals surface area contributed by atoms with Crippen LogP contribution in [0.3, 0.4) is 0 Å². The third-order valence-corrected chi connectivity index (χ3v) is 4.15. The minimum absolute atomic E-state index is 0.0893. The maximum absolute atomic E-state index is 14.7. The Balaban J connectivity index is 1.81. The molecule has 6 nitrogen and oxygen atoms in total. The Morgan fingerprint density at radius 2 is 1.75 bits per heavy atom. The van der Waals surface area contributed by atoms with Gasteiger partial charge in [-0.3, -0.25) is 4.79 Å². The van der Waals surface area contributed by atoms with Crippen LogP contribution in [-0.4, -0.2) is 44.1 Å². The molecule has 3 rings (SSSR count). The molecule has 1 aliphatic rings. The van der Waals surface area contributed by atoms with Crippen LogP contribution in [0.15, 0.2) is 30.3 Å². The summed E-state index contributed by atoms with van der Waals surface area (Å²) in [7, 11) is 0. The summed E-state index contributed by atoms with van der Waals surface area (Å²) in [5.74, 6) is -5.66. The van der Waals surface area contributed by atoms with Crippen LogP contribution in [-0.2, 0) is 17.3 Å². The van der Waals surface area contributed by atoms with Gasteiger partial charge in [0.15, 0.2) is 0 Å². The van der Waals surface area contributed by atoms with Gasteiger partial charge in [0.1, 0.15) is 0 Å². The lowest BCUT2D eigenvalue weighted by Gasteiger charge is -2.25. The number of alkyl halides is 2. The average Bonchev–Trinajstić information content (AvgIpc) is 2.89. The highest BCUT2D eigenvalue weighted by Crippen LogP contribution is 2.29. The second-order valence-electron chi connectivity index (χ2n) is 5.93. The van der Waals surface area contributed by atoms with Gasteiger partial charge in [-0.15, -0.1) is 5.10 Å². The van der Waals surface area contributed by atoms with Crippen LogP contribution < -0.4 is 0 Å². The van der Waals surface area contributed by atoms with E-state index in [0.29, 0.717) is 13.1 Å². The molecule has 0 bridgehead atoms. The fourth-order valence-corrected chi connectivity index (χ4v) is 2.86. The summed E-state index contributed by atoms with van der Waals surface area (Å²) in [6, 6.07) is 9.03. The number of hydrogen-bond acceptors (Lipinski definition) is 4. The topological polar surface area (TPSA) is 63.9 Å². The van der Waals surface area contributed by atoms with Gasteiger partial charge in [0.05, 0.1) is 6.54 Å². The first-order chi connectivity index (χ1) is 11.6. The molecule has 1 amide bonds. The highest BCUT2D eigenvalue weighted by molar-refractivity contribution is 5.84. The van der Waals surface area contributed by atoms with Gasteiger partial charge >= 0.3 is 11.8 Å². The Labute approximate surface area is 138 Å². The molecule has 0 unspecified atom stereocenters. The summed E-state index contributed by atoms with van der Waals surface area (Å²) < 4.78 is 30.4. The van der Waals surface area contributed by atoms with E-state index in [-0.39, 0.29) is 6.54 Å². The largest absolute Gasteiger partial charge is 0.384 e. The fraction of sp³-hybridized carbons (Fsp3) is 0.500. The van der Waals surface area contributed by atoms with Gasteiger partial charge in [0, 0.05) is 13.1 Å². The summed E-state index contributed by atoms with van der Waals surface area (Å²) >= 11 is 0. The van der Waals surface area contributed by atoms with Gasteiger partial charge < -0.3 is 4.90 Å². The lowest BCUT2D eigenvalue weighted by Crippen LogP contribution is -2.44. The van der Waals surface area contributed by atoms with E-state index in [4.69, 9.17) is 0 Å². The van der Waals surface area contributed by atoms with Crippen molar-refractivity contribution in [3.8, 4) is 0 Å². The number of hydrogen-bond donors (Lipinski definition) is 0. The molecule has 1 aliphatic heterocycles. The Kier molecular flexibility index (Phi) is 4.82. The van der Waals surface area contributed by atoms with Crippen molar-refractivity contribution in [3.63, 3.8) is 0 Å². The minimum atomic E-state index is -3.73. The third kappa shape index (κ3) is 3.42. The first-order valence-electron chi connectivity index (χ1n) is 8.07. The number of tetrazole rings is 1. The van der Waals surface area contributed by atoms with Crippen LogP contribution >= 0.6 is 0 Å². The molecule has 1 aromatic heterocycles. The summed E-state index contributed by atoms with van der Waals surface area (Å²) in [5.41, 5.74) is 0.782. The molecular formula is C16H19F2N5O. The highest BCUT2D eigenvalue weighted by atomic mass is 19.3. The van der Waals surface area contributed by atoms with E-state index < -0.39 is 17.7 Å². The predicted molar refractivity (Wildman–Crippen MR) is 82.3 cm³/mol. The molecule has 1 fully saturated rings. The Morgan fingerprint density at radius 1 is 1.08 bits per heavy atom. The van der Waals surface area contributed by atoms with Crippen molar-refractivity contribution >= 4 is 5.91 Å². The van der Waals surface area contributed by atoms with E-state index in [1.807, 2.05) is 6.07 Å². The summed E-state index contributed by atoms with van der Waals surface area (Å²) in [6.07, 6.45) is 3.41. The summed E-state index contributed by atoms with van der Waals surface area (Å²) in [4.78, 5) is 13.6. The van der Waals surface area contributed by atoms with E-state index in [9.17, 15) is 13.6 Å². The molecule has 1 aromatic carbocycles. The zero-order valence-corrected chi connectivity index (χ0v) is 13.2. The molecule has 0 spiro atoms. The Bertz CT molecular complexity index is 681. The smallest absolute Gasteiger partial charge is 0.337 e. The molecule has 2 aromatic rings. The Hall–Kier alpha value is -2.38. The molecule has 0 saturated carbocycles. The first-order valence-corrected chi connectivity index (χ1v) is 8.07. The maximum atomic E-state index is 14.7. The molecule has 2 heterocycles. The number of carbonyl (C=O) groups is 1. The predicted octanol–water partition coefficient (Wildman–Crippen LogP) is 2.22. The second-order valence-corrected chi connectivity index (χ2v) is 5.93. The molecule has 0 radical (unpaired) electrons. The molecular weight excluding hydrogens is 316 g/mol. The number of benzene rings is 1. The Morgan fingerprint density at radius 3 is 2.42 bits per heavy atom. The summed E-state index contributed by atoms with van der Waals surface area (Å²) in [6.45, 7) is 0.801. The number of nitrogens with zero attached hydrogens (tertiary/aromatic N) is 5. The van der Waals surface area contributed by atoms with Crippen molar-refractivity contribution in [3.05, 3.63) is 41.7 Å². The van der Waals surface area contributed by atoms with Crippen LogP contribution in [0.25, 0.3) is 0 Å². The molecule has 0 aliphatic carbocycles. The number of aromatic nitrogens is 4. The quantitative estimate of drug-likeness (QED) is 0.859. The number of amides is 1. The van der Waals surface area contributed by atoms with Gasteiger partial charge in [-0.05, 0) is 28.8 Å². The lowest BCUT2D eigenvalue weighted by atomic mass is 10.2. The van der Waals surface area contributed by atoms with Crippen molar-refractivity contribution in [2.75, 3.05) is 13.1 Å². The van der Waals surface area contributed by atoms with Gasteiger partial charge in [0.2, 0.25) is 5.82 Å². The zero-order chi connectivity index (χ0) is 17.0. The van der Waals surface area contributed by atoms with E-state index in [1.165, 1.54) is 4.90 Å². The normalized spacial score (nSPS) is 16.0. The maximum Gasteiger partial charge on any atom is 0.384 e. The monoisotopic (exact) mass is 335 g/mol. The van der Waals surface area contributed by atoms with Crippen molar-refractivity contribution < 1.29 is 13.6 Å². The van der Waals surface area contributed by atoms with Crippen molar-refractivity contribution in [1.29, 1.82) is 0 Å². The van der Waals surface area contributed by atoms with E-state index in [0.717, 1.165) is 35.9 Å². The van der Waals surface area contributed by atoms with Crippen LogP contribution in [0.2, 0.25) is 0 Å². The van der Waals surface area contributed by atoms with E-state index in [1.54, 1.807) is 24.3 Å². The fourth-order valence-electron chi connectivity index (χ4n) is 2.86. The van der Waals surface area contributed by atoms with Crippen LogP contribution in [0.1, 0.15) is 37.1 Å². The first kappa shape index (κ1) is 16.5. The van der Waals surface area contributed by atoms with Crippen LogP contribution in [0.5, 0.6) is 0 Å². The molecule has 24 heavy (non-hydrogen) atoms. The number of rotatable bonds is 4. The average molecular weight is 335 g/mol. The molecule has 8 heteroatoms. The summed E-state index contributed by atoms with van der Waals surface area (Å²) in [5, 5.41) is 10.4. The standard InChI is InChI=1S/C16H19F2N5O/c17-16(18,15(24)22-10-6-1-2-7-11-22)14-19-20-21-23(14)12-13-8-4-3-5-9-13/h3-5,8-9H,1-2,6-7,10-12H2. The number of likely N-dealkylation sites (tertiary alicyclic amines) is 1. The number of halogens is 2. The van der Waals surface area contributed by atoms with Gasteiger partial charge in [-0.2, -0.15) is 8.78 Å². The van der Waals surface area contributed by atoms with Crippen LogP contribution in [0, 0.1) is 0 Å². The van der Waals surface area contributed by atoms with Crippen molar-refractivity contribution in [2.45, 2.75) is 38.2 Å². The van der Waals surface area contributed by atoms with Gasteiger partial charge in [-0.25, -0.2) is 4.68 Å². The van der Waals surface area contributed by atoms with Crippen molar-refractivity contribution in [1.82, 2.24) is 25.1 Å². The number of carbonyl (C=O) groups excluding carboxylic acids is 1. The van der Waals surface area contributed by atoms with Crippen LogP contribution in [0.4, 0.5) is 8.78 Å². The molecule has 0 atom stereocenters. The van der Waals surface area contributed by atoms with E-state index in [2.05, 4.69) is 15.5 Å². The minimum Gasteiger partial charge on any atom is -0.337 e. The highest BCUT2D eigenvalue weighted by Gasteiger charge is 2.48. The SMILES string of the molecule is O=C(N1CCCCCC1)C(F)(F)c1nnnn1Cc1ccccc1. The molecule has 128 valence electrons. The van der Waals surface area contributed by atoms with Crippen molar-refractivity contribution in [2.24, 2.45) is 0 Å². The lowest BCUT2D eigenvalue weighted by molar-refractivity contribution is -0.160. The van der Waals surface area contributed by atoms with Gasteiger partial charge in [-0.1, -0.05) is 43.2 Å². The van der Waals surface area contributed by atoms with E-state index >= 15 is 0 Å². The second kappa shape index (κ2) is 7.02. The third-order valence-electron chi connectivity index (χ3n) is 4.15. The zero-order valence-electron chi connectivity index (χ0n) is 13.2. The van der Waals surface area contributed by atoms with Gasteiger partial charge in [0.25, 0.3) is 0 Å². The molecule has 1 saturated heterocycles. The molecule has 0 N–H and O–H groups in total.